The van der Waals surface area contributed by atoms with Crippen molar-refractivity contribution in [3.8, 4) is 12.3 Å². The van der Waals surface area contributed by atoms with Crippen LogP contribution in [0.3, 0.4) is 0 Å². The van der Waals surface area contributed by atoms with Crippen LogP contribution in [0.15, 0.2) is 0 Å². The maximum atomic E-state index is 11.1. The molecule has 1 aliphatic rings. The summed E-state index contributed by atoms with van der Waals surface area (Å²) in [7, 11) is 1.43. The summed E-state index contributed by atoms with van der Waals surface area (Å²) in [5.41, 5.74) is -0.204. The van der Waals surface area contributed by atoms with E-state index in [4.69, 9.17) is 6.42 Å². The number of carbonyl (C=O) groups is 1. The van der Waals surface area contributed by atoms with Crippen molar-refractivity contribution >= 4 is 5.97 Å². The van der Waals surface area contributed by atoms with E-state index in [0.717, 1.165) is 19.5 Å². The number of nitrogens with zero attached hydrogens (tertiary/aromatic N) is 1. The first-order chi connectivity index (χ1) is 6.99. The molecule has 0 bridgehead atoms. The van der Waals surface area contributed by atoms with Gasteiger partial charge in [0.2, 0.25) is 0 Å². The minimum Gasteiger partial charge on any atom is -0.469 e. The SMILES string of the molecule is C#CC(C)(C)N1CCC(CC(=O)OC)C1. The van der Waals surface area contributed by atoms with E-state index in [1.54, 1.807) is 0 Å². The van der Waals surface area contributed by atoms with Crippen LogP contribution in [-0.4, -0.2) is 36.6 Å². The zero-order valence-corrected chi connectivity index (χ0v) is 9.75. The summed E-state index contributed by atoms with van der Waals surface area (Å²) in [4.78, 5) is 13.4. The molecule has 0 aromatic carbocycles. The molecule has 1 saturated heterocycles. The van der Waals surface area contributed by atoms with Gasteiger partial charge in [-0.3, -0.25) is 9.69 Å². The zero-order valence-electron chi connectivity index (χ0n) is 9.75. The minimum atomic E-state index is -0.204. The number of terminal acetylenes is 1. The largest absolute Gasteiger partial charge is 0.469 e. The van der Waals surface area contributed by atoms with E-state index in [9.17, 15) is 4.79 Å². The number of carbonyl (C=O) groups excluding carboxylic acids is 1. The van der Waals surface area contributed by atoms with Gasteiger partial charge < -0.3 is 4.74 Å². The molecule has 0 amide bonds. The molecule has 1 unspecified atom stereocenters. The van der Waals surface area contributed by atoms with Crippen LogP contribution in [0, 0.1) is 18.3 Å². The Morgan fingerprint density at radius 3 is 2.87 bits per heavy atom. The van der Waals surface area contributed by atoms with Crippen molar-refractivity contribution in [2.24, 2.45) is 5.92 Å². The minimum absolute atomic E-state index is 0.125. The van der Waals surface area contributed by atoms with E-state index in [0.29, 0.717) is 12.3 Å². The van der Waals surface area contributed by atoms with E-state index in [1.165, 1.54) is 7.11 Å². The molecule has 0 saturated carbocycles. The van der Waals surface area contributed by atoms with E-state index in [1.807, 2.05) is 13.8 Å². The fourth-order valence-corrected chi connectivity index (χ4v) is 1.92. The zero-order chi connectivity index (χ0) is 11.5. The second-order valence-corrected chi connectivity index (χ2v) is 4.58. The Kier molecular flexibility index (Phi) is 3.76. The Morgan fingerprint density at radius 2 is 2.33 bits per heavy atom. The van der Waals surface area contributed by atoms with Crippen LogP contribution in [-0.2, 0) is 9.53 Å². The summed E-state index contributed by atoms with van der Waals surface area (Å²) in [6.07, 6.45) is 7.01. The maximum absolute atomic E-state index is 11.1. The second kappa shape index (κ2) is 4.67. The third-order valence-corrected chi connectivity index (χ3v) is 3.11. The van der Waals surface area contributed by atoms with Crippen LogP contribution < -0.4 is 0 Å². The van der Waals surface area contributed by atoms with Crippen LogP contribution in [0.4, 0.5) is 0 Å². The molecule has 1 atom stereocenters. The summed E-state index contributed by atoms with van der Waals surface area (Å²) in [6, 6.07) is 0. The van der Waals surface area contributed by atoms with Gasteiger partial charge in [0.25, 0.3) is 0 Å². The first-order valence-corrected chi connectivity index (χ1v) is 5.29. The predicted molar refractivity (Wildman–Crippen MR) is 59.2 cm³/mol. The van der Waals surface area contributed by atoms with E-state index >= 15 is 0 Å². The molecular weight excluding hydrogens is 190 g/mol. The molecule has 0 aromatic rings. The van der Waals surface area contributed by atoms with Crippen molar-refractivity contribution in [2.45, 2.75) is 32.2 Å². The Morgan fingerprint density at radius 1 is 1.67 bits per heavy atom. The predicted octanol–water partition coefficient (Wildman–Crippen LogP) is 1.28. The van der Waals surface area contributed by atoms with Crippen LogP contribution in [0.5, 0.6) is 0 Å². The lowest BCUT2D eigenvalue weighted by atomic mass is 10.0. The van der Waals surface area contributed by atoms with Gasteiger partial charge in [-0.2, -0.15) is 0 Å². The molecule has 1 rings (SSSR count). The fourth-order valence-electron chi connectivity index (χ4n) is 1.92. The average Bonchev–Trinajstić information content (AvgIpc) is 2.66. The molecule has 3 nitrogen and oxygen atoms in total. The molecule has 1 heterocycles. The second-order valence-electron chi connectivity index (χ2n) is 4.58. The normalized spacial score (nSPS) is 22.4. The van der Waals surface area contributed by atoms with Crippen LogP contribution in [0.2, 0.25) is 0 Å². The van der Waals surface area contributed by atoms with Gasteiger partial charge >= 0.3 is 5.97 Å². The topological polar surface area (TPSA) is 29.5 Å². The van der Waals surface area contributed by atoms with E-state index < -0.39 is 0 Å². The lowest BCUT2D eigenvalue weighted by Crippen LogP contribution is -2.41. The summed E-state index contributed by atoms with van der Waals surface area (Å²) in [5.74, 6) is 3.05. The molecule has 84 valence electrons. The van der Waals surface area contributed by atoms with Gasteiger partial charge in [-0.1, -0.05) is 5.92 Å². The number of esters is 1. The van der Waals surface area contributed by atoms with Gasteiger partial charge in [0.15, 0.2) is 0 Å². The highest BCUT2D eigenvalue weighted by atomic mass is 16.5. The van der Waals surface area contributed by atoms with Gasteiger partial charge in [-0.15, -0.1) is 6.42 Å². The molecule has 0 N–H and O–H groups in total. The van der Waals surface area contributed by atoms with Gasteiger partial charge in [0.1, 0.15) is 0 Å². The molecule has 0 aliphatic carbocycles. The number of methoxy groups -OCH3 is 1. The molecule has 15 heavy (non-hydrogen) atoms. The number of rotatable bonds is 3. The number of hydrogen-bond donors (Lipinski definition) is 0. The van der Waals surface area contributed by atoms with Crippen molar-refractivity contribution in [3.05, 3.63) is 0 Å². The highest BCUT2D eigenvalue weighted by Gasteiger charge is 2.32. The van der Waals surface area contributed by atoms with Crippen LogP contribution >= 0.6 is 0 Å². The van der Waals surface area contributed by atoms with Crippen molar-refractivity contribution in [1.29, 1.82) is 0 Å². The average molecular weight is 209 g/mol. The molecule has 1 aliphatic heterocycles. The summed E-state index contributed by atoms with van der Waals surface area (Å²) >= 11 is 0. The first-order valence-electron chi connectivity index (χ1n) is 5.29. The smallest absolute Gasteiger partial charge is 0.305 e. The highest BCUT2D eigenvalue weighted by molar-refractivity contribution is 5.69. The number of likely N-dealkylation sites (tertiary alicyclic amines) is 1. The lowest BCUT2D eigenvalue weighted by Gasteiger charge is -2.30. The molecular formula is C12H19NO2. The Balaban J connectivity index is 2.47. The third kappa shape index (κ3) is 2.97. The molecule has 0 spiro atoms. The summed E-state index contributed by atoms with van der Waals surface area (Å²) in [6.45, 7) is 5.94. The van der Waals surface area contributed by atoms with E-state index in [-0.39, 0.29) is 11.5 Å². The standard InChI is InChI=1S/C12H19NO2/c1-5-12(2,3)13-7-6-10(9-13)8-11(14)15-4/h1,10H,6-9H2,2-4H3. The highest BCUT2D eigenvalue weighted by Crippen LogP contribution is 2.26. The Hall–Kier alpha value is -1.01. The van der Waals surface area contributed by atoms with Crippen molar-refractivity contribution in [2.75, 3.05) is 20.2 Å². The van der Waals surface area contributed by atoms with Gasteiger partial charge in [-0.25, -0.2) is 0 Å². The van der Waals surface area contributed by atoms with Crippen molar-refractivity contribution in [1.82, 2.24) is 4.90 Å². The van der Waals surface area contributed by atoms with E-state index in [2.05, 4.69) is 15.6 Å². The molecule has 3 heteroatoms. The summed E-state index contributed by atoms with van der Waals surface area (Å²) < 4.78 is 4.66. The number of hydrogen-bond acceptors (Lipinski definition) is 3. The fraction of sp³-hybridized carbons (Fsp3) is 0.750. The van der Waals surface area contributed by atoms with Gasteiger partial charge in [0, 0.05) is 13.0 Å². The Labute approximate surface area is 91.8 Å². The van der Waals surface area contributed by atoms with Crippen LogP contribution in [0.25, 0.3) is 0 Å². The summed E-state index contributed by atoms with van der Waals surface area (Å²) in [5, 5.41) is 0. The van der Waals surface area contributed by atoms with Gasteiger partial charge in [-0.05, 0) is 32.7 Å². The van der Waals surface area contributed by atoms with Crippen molar-refractivity contribution in [3.63, 3.8) is 0 Å². The van der Waals surface area contributed by atoms with Gasteiger partial charge in [0.05, 0.1) is 12.6 Å². The third-order valence-electron chi connectivity index (χ3n) is 3.11. The maximum Gasteiger partial charge on any atom is 0.305 e. The molecule has 0 radical (unpaired) electrons. The first kappa shape index (κ1) is 12.1. The molecule has 0 aromatic heterocycles. The lowest BCUT2D eigenvalue weighted by molar-refractivity contribution is -0.141. The van der Waals surface area contributed by atoms with Crippen LogP contribution in [0.1, 0.15) is 26.7 Å². The number of ether oxygens (including phenoxy) is 1. The Bertz CT molecular complexity index is 278. The monoisotopic (exact) mass is 209 g/mol. The van der Waals surface area contributed by atoms with Crippen molar-refractivity contribution < 1.29 is 9.53 Å². The molecule has 1 fully saturated rings. The quantitative estimate of drug-likeness (QED) is 0.518.